The third kappa shape index (κ3) is 4.85. The molecule has 2 aromatic carbocycles. The molecule has 0 amide bonds. The van der Waals surface area contributed by atoms with Gasteiger partial charge in [-0.15, -0.1) is 0 Å². The van der Waals surface area contributed by atoms with Crippen LogP contribution in [-0.2, 0) is 9.57 Å². The summed E-state index contributed by atoms with van der Waals surface area (Å²) in [5, 5.41) is 3.15. The first-order valence-electron chi connectivity index (χ1n) is 7.58. The van der Waals surface area contributed by atoms with Crippen molar-refractivity contribution >= 4 is 23.7 Å². The molecule has 0 fully saturated rings. The van der Waals surface area contributed by atoms with Crippen molar-refractivity contribution in [2.75, 3.05) is 18.5 Å². The largest absolute Gasteiger partial charge is 0.462 e. The van der Waals surface area contributed by atoms with Gasteiger partial charge in [0.1, 0.15) is 12.3 Å². The first-order chi connectivity index (χ1) is 11.2. The van der Waals surface area contributed by atoms with Crippen LogP contribution >= 0.6 is 0 Å². The van der Waals surface area contributed by atoms with Crippen molar-refractivity contribution in [2.45, 2.75) is 13.8 Å². The van der Waals surface area contributed by atoms with Crippen molar-refractivity contribution in [3.63, 3.8) is 0 Å². The van der Waals surface area contributed by atoms with E-state index in [1.54, 1.807) is 30.1 Å². The number of nitrogens with one attached hydrogen (secondary N) is 1. The lowest BCUT2D eigenvalue weighted by Crippen LogP contribution is -2.13. The summed E-state index contributed by atoms with van der Waals surface area (Å²) >= 11 is 0. The van der Waals surface area contributed by atoms with Gasteiger partial charge in [-0.3, -0.25) is 0 Å². The van der Waals surface area contributed by atoms with Crippen molar-refractivity contribution in [2.24, 2.45) is 0 Å². The van der Waals surface area contributed by atoms with E-state index in [9.17, 15) is 4.79 Å². The summed E-state index contributed by atoms with van der Waals surface area (Å²) in [5.74, 6) is -0.316. The molecule has 1 N–H and O–H groups in total. The number of hydrogen-bond acceptors (Lipinski definition) is 3. The Morgan fingerprint density at radius 3 is 2.35 bits per heavy atom. The summed E-state index contributed by atoms with van der Waals surface area (Å²) in [6.07, 6.45) is 1.73. The van der Waals surface area contributed by atoms with E-state index in [-0.39, 0.29) is 5.97 Å². The van der Waals surface area contributed by atoms with Gasteiger partial charge in [-0.25, -0.2) is 10.1 Å². The quantitative estimate of drug-likeness (QED) is 0.279. The summed E-state index contributed by atoms with van der Waals surface area (Å²) in [6, 6.07) is 16.8. The number of benzene rings is 2. The van der Waals surface area contributed by atoms with Gasteiger partial charge in [0.05, 0.1) is 12.2 Å². The summed E-state index contributed by atoms with van der Waals surface area (Å²) in [6.45, 7) is 4.63. The van der Waals surface area contributed by atoms with Crippen LogP contribution in [0.25, 0.3) is 0 Å². The molecule has 0 saturated heterocycles. The van der Waals surface area contributed by atoms with Gasteiger partial charge in [-0.05, 0) is 55.0 Å². The molecule has 0 unspecified atom stereocenters. The lowest BCUT2D eigenvalue weighted by atomic mass is 10.2. The van der Waals surface area contributed by atoms with Crippen molar-refractivity contribution in [3.05, 3.63) is 60.2 Å². The fourth-order valence-corrected chi connectivity index (χ4v) is 1.95. The summed E-state index contributed by atoms with van der Waals surface area (Å²) in [4.78, 5) is 17.2. The normalized spacial score (nSPS) is 11.0. The highest BCUT2D eigenvalue weighted by Crippen LogP contribution is 2.12. The molecule has 0 aliphatic rings. The van der Waals surface area contributed by atoms with Gasteiger partial charge < -0.3 is 9.57 Å². The average molecular weight is 313 g/mol. The Bertz CT molecular complexity index is 652. The van der Waals surface area contributed by atoms with Crippen molar-refractivity contribution in [1.29, 1.82) is 0 Å². The predicted octanol–water partition coefficient (Wildman–Crippen LogP) is 3.60. The van der Waals surface area contributed by atoms with E-state index in [1.807, 2.05) is 49.4 Å². The van der Waals surface area contributed by atoms with E-state index < -0.39 is 0 Å². The number of nitrogens with zero attached hydrogens (tertiary/aromatic N) is 1. The van der Waals surface area contributed by atoms with Gasteiger partial charge in [0.25, 0.3) is 6.34 Å². The maximum Gasteiger partial charge on any atom is 0.338 e. The molecule has 0 atom stereocenters. The van der Waals surface area contributed by atoms with Crippen LogP contribution in [0.4, 0.5) is 11.4 Å². The molecule has 2 aromatic rings. The highest BCUT2D eigenvalue weighted by molar-refractivity contribution is 5.90. The van der Waals surface area contributed by atoms with E-state index in [1.165, 1.54) is 0 Å². The lowest BCUT2D eigenvalue weighted by molar-refractivity contribution is -0.725. The van der Waals surface area contributed by atoms with E-state index in [0.29, 0.717) is 18.8 Å². The smallest absolute Gasteiger partial charge is 0.338 e. The SMILES string of the molecule is CCOC(=O)c1ccc(NC=[N+](OCC)c2ccccc2)cc1. The predicted molar refractivity (Wildman–Crippen MR) is 90.1 cm³/mol. The number of anilines is 1. The zero-order valence-electron chi connectivity index (χ0n) is 13.4. The molecule has 0 saturated carbocycles. The van der Waals surface area contributed by atoms with E-state index in [0.717, 1.165) is 11.4 Å². The van der Waals surface area contributed by atoms with Gasteiger partial charge in [-0.2, -0.15) is 0 Å². The zero-order valence-corrected chi connectivity index (χ0v) is 13.4. The van der Waals surface area contributed by atoms with Crippen LogP contribution in [0.3, 0.4) is 0 Å². The molecule has 0 heterocycles. The molecule has 2 rings (SSSR count). The second-order valence-electron chi connectivity index (χ2n) is 4.65. The highest BCUT2D eigenvalue weighted by Gasteiger charge is 2.08. The van der Waals surface area contributed by atoms with Crippen molar-refractivity contribution in [3.8, 4) is 0 Å². The van der Waals surface area contributed by atoms with Crippen LogP contribution in [-0.4, -0.2) is 30.3 Å². The fraction of sp³-hybridized carbons (Fsp3) is 0.222. The van der Waals surface area contributed by atoms with Gasteiger partial charge in [0.2, 0.25) is 0 Å². The number of para-hydroxylation sites is 1. The number of carbonyl (C=O) groups excluding carboxylic acids is 1. The average Bonchev–Trinajstić information content (AvgIpc) is 2.60. The van der Waals surface area contributed by atoms with Crippen molar-refractivity contribution in [1.82, 2.24) is 0 Å². The molecule has 5 heteroatoms. The van der Waals surface area contributed by atoms with Crippen molar-refractivity contribution < 1.29 is 19.1 Å². The Labute approximate surface area is 136 Å². The van der Waals surface area contributed by atoms with Gasteiger partial charge >= 0.3 is 5.97 Å². The lowest BCUT2D eigenvalue weighted by Gasteiger charge is -2.05. The molecular formula is C18H21N2O3+. The molecule has 0 aromatic heterocycles. The number of hydrogen-bond donors (Lipinski definition) is 1. The Kier molecular flexibility index (Phi) is 6.17. The summed E-state index contributed by atoms with van der Waals surface area (Å²) < 4.78 is 6.63. The van der Waals surface area contributed by atoms with Crippen LogP contribution in [0, 0.1) is 0 Å². The third-order valence-corrected chi connectivity index (χ3v) is 3.02. The van der Waals surface area contributed by atoms with Gasteiger partial charge in [-0.1, -0.05) is 18.2 Å². The van der Waals surface area contributed by atoms with Gasteiger partial charge in [0.15, 0.2) is 5.69 Å². The Balaban J connectivity index is 2.09. The van der Waals surface area contributed by atoms with Gasteiger partial charge in [0, 0.05) is 0 Å². The minimum Gasteiger partial charge on any atom is -0.462 e. The molecule has 0 spiro atoms. The minimum absolute atomic E-state index is 0.316. The first kappa shape index (κ1) is 16.5. The van der Waals surface area contributed by atoms with Crippen LogP contribution in [0.15, 0.2) is 54.6 Å². The standard InChI is InChI=1S/C18H20N2O3/c1-3-22-18(21)15-10-12-16(13-11-15)19-14-20(23-4-2)17-8-6-5-7-9-17/h5-14H,3-4H2,1-2H3/p+1. The molecule has 0 bridgehead atoms. The number of esters is 1. The maximum atomic E-state index is 11.6. The Morgan fingerprint density at radius 1 is 1.04 bits per heavy atom. The highest BCUT2D eigenvalue weighted by atomic mass is 16.7. The van der Waals surface area contributed by atoms with E-state index in [4.69, 9.17) is 9.57 Å². The second-order valence-corrected chi connectivity index (χ2v) is 4.65. The minimum atomic E-state index is -0.316. The van der Waals surface area contributed by atoms with Crippen LogP contribution < -0.4 is 5.32 Å². The monoisotopic (exact) mass is 313 g/mol. The molecule has 5 nitrogen and oxygen atoms in total. The number of rotatable bonds is 7. The molecule has 0 aliphatic heterocycles. The summed E-state index contributed by atoms with van der Waals surface area (Å²) in [7, 11) is 0. The Morgan fingerprint density at radius 2 is 1.74 bits per heavy atom. The van der Waals surface area contributed by atoms with Crippen LogP contribution in [0.1, 0.15) is 24.2 Å². The summed E-state index contributed by atoms with van der Waals surface area (Å²) in [5.41, 5.74) is 2.30. The number of carbonyl (C=O) groups is 1. The molecule has 0 radical (unpaired) electrons. The third-order valence-electron chi connectivity index (χ3n) is 3.02. The maximum absolute atomic E-state index is 11.6. The van der Waals surface area contributed by atoms with E-state index >= 15 is 0 Å². The second kappa shape index (κ2) is 8.58. The molecule has 120 valence electrons. The zero-order chi connectivity index (χ0) is 16.5. The fourth-order valence-electron chi connectivity index (χ4n) is 1.95. The topological polar surface area (TPSA) is 50.6 Å². The van der Waals surface area contributed by atoms with Crippen LogP contribution in [0.5, 0.6) is 0 Å². The van der Waals surface area contributed by atoms with E-state index in [2.05, 4.69) is 5.32 Å². The first-order valence-corrected chi connectivity index (χ1v) is 7.58. The molecular weight excluding hydrogens is 292 g/mol. The Hall–Kier alpha value is -2.82. The number of ether oxygens (including phenoxy) is 1. The van der Waals surface area contributed by atoms with Crippen LogP contribution in [0.2, 0.25) is 0 Å². The molecule has 0 aliphatic carbocycles. The molecule has 23 heavy (non-hydrogen) atoms.